The lowest BCUT2D eigenvalue weighted by Gasteiger charge is -2.29. The number of carbonyl (C=O) groups is 4. The molecule has 2 fully saturated rings. The Labute approximate surface area is 158 Å². The molecule has 2 heterocycles. The lowest BCUT2D eigenvalue weighted by Crippen LogP contribution is -2.51. The molecule has 0 bridgehead atoms. The van der Waals surface area contributed by atoms with Gasteiger partial charge >= 0.3 is 0 Å². The Hall–Kier alpha value is -2.74. The monoisotopic (exact) mass is 374 g/mol. The number of piperidine rings is 1. The summed E-state index contributed by atoms with van der Waals surface area (Å²) in [7, 11) is 0. The second kappa shape index (κ2) is 9.82. The van der Waals surface area contributed by atoms with Crippen LogP contribution in [-0.4, -0.2) is 61.8 Å². The van der Waals surface area contributed by atoms with Gasteiger partial charge in [-0.3, -0.25) is 29.4 Å². The quantitative estimate of drug-likeness (QED) is 0.574. The molecule has 4 amide bonds. The highest BCUT2D eigenvalue weighted by Crippen LogP contribution is 2.18. The Morgan fingerprint density at radius 1 is 1.07 bits per heavy atom. The summed E-state index contributed by atoms with van der Waals surface area (Å²) in [5, 5.41) is 5.41. The van der Waals surface area contributed by atoms with Crippen LogP contribution in [0.4, 0.5) is 5.69 Å². The van der Waals surface area contributed by atoms with E-state index in [0.717, 1.165) is 26.2 Å². The minimum atomic E-state index is -0.840. The summed E-state index contributed by atoms with van der Waals surface area (Å²) in [6.45, 7) is 8.81. The van der Waals surface area contributed by atoms with Crippen molar-refractivity contribution in [3.05, 3.63) is 29.3 Å². The Morgan fingerprint density at radius 2 is 1.74 bits per heavy atom. The number of nitrogens with zero attached hydrogens (tertiary/aromatic N) is 2. The maximum atomic E-state index is 11.1. The lowest BCUT2D eigenvalue weighted by atomic mass is 10.1. The summed E-state index contributed by atoms with van der Waals surface area (Å²) in [6, 6.07) is 5.90. The summed E-state index contributed by atoms with van der Waals surface area (Å²) in [4.78, 5) is 45.5. The number of nitrogens with one attached hydrogen (secondary N) is 2. The molecule has 1 aromatic carbocycles. The van der Waals surface area contributed by atoms with Crippen molar-refractivity contribution in [3.63, 3.8) is 0 Å². The average molecular weight is 374 g/mol. The fourth-order valence-electron chi connectivity index (χ4n) is 2.98. The van der Waals surface area contributed by atoms with Crippen LogP contribution in [0.15, 0.2) is 18.2 Å². The van der Waals surface area contributed by atoms with Crippen LogP contribution in [0.2, 0.25) is 0 Å². The number of carbonyl (C=O) groups excluding carboxylic acids is 4. The van der Waals surface area contributed by atoms with Gasteiger partial charge in [-0.05, 0) is 43.5 Å². The first kappa shape index (κ1) is 20.6. The number of imide groups is 2. The van der Waals surface area contributed by atoms with Crippen LogP contribution in [0, 0.1) is 13.8 Å². The molecule has 1 atom stereocenters. The minimum Gasteiger partial charge on any atom is -0.369 e. The number of amides is 4. The Kier molecular flexibility index (Phi) is 7.48. The van der Waals surface area contributed by atoms with E-state index in [-0.39, 0.29) is 31.6 Å². The molecule has 2 aliphatic heterocycles. The molecular weight excluding hydrogens is 348 g/mol. The van der Waals surface area contributed by atoms with Crippen molar-refractivity contribution in [2.24, 2.45) is 0 Å². The molecular formula is C19H26N4O4. The van der Waals surface area contributed by atoms with Gasteiger partial charge in [0.15, 0.2) is 0 Å². The molecule has 2 aliphatic rings. The Balaban J connectivity index is 0.000000194. The number of benzene rings is 1. The van der Waals surface area contributed by atoms with Crippen LogP contribution in [0.5, 0.6) is 0 Å². The van der Waals surface area contributed by atoms with Crippen LogP contribution in [0.1, 0.15) is 24.0 Å². The third-order valence-corrected chi connectivity index (χ3v) is 4.79. The van der Waals surface area contributed by atoms with Crippen LogP contribution in [0.3, 0.4) is 0 Å². The molecule has 0 saturated carbocycles. The van der Waals surface area contributed by atoms with Crippen molar-refractivity contribution in [1.29, 1.82) is 0 Å². The van der Waals surface area contributed by atoms with Crippen molar-refractivity contribution >= 4 is 30.3 Å². The van der Waals surface area contributed by atoms with Crippen LogP contribution < -0.4 is 15.5 Å². The predicted octanol–water partition coefficient (Wildman–Crippen LogP) is 0.119. The van der Waals surface area contributed by atoms with E-state index >= 15 is 0 Å². The summed E-state index contributed by atoms with van der Waals surface area (Å²) in [5.74, 6) is -0.978. The zero-order valence-corrected chi connectivity index (χ0v) is 15.7. The van der Waals surface area contributed by atoms with E-state index in [4.69, 9.17) is 0 Å². The molecule has 27 heavy (non-hydrogen) atoms. The highest BCUT2D eigenvalue weighted by atomic mass is 16.2. The van der Waals surface area contributed by atoms with E-state index < -0.39 is 11.9 Å². The zero-order chi connectivity index (χ0) is 19.8. The van der Waals surface area contributed by atoms with Crippen molar-refractivity contribution in [3.8, 4) is 0 Å². The van der Waals surface area contributed by atoms with E-state index in [1.807, 2.05) is 5.32 Å². The third kappa shape index (κ3) is 5.62. The number of aryl methyl sites for hydroxylation is 2. The van der Waals surface area contributed by atoms with Crippen molar-refractivity contribution in [1.82, 2.24) is 15.5 Å². The van der Waals surface area contributed by atoms with Gasteiger partial charge in [-0.2, -0.15) is 0 Å². The molecule has 1 unspecified atom stereocenters. The predicted molar refractivity (Wildman–Crippen MR) is 101 cm³/mol. The Bertz CT molecular complexity index is 693. The standard InChI is InChI=1S/C12H18N2.C7H8N2O4/c1-10-3-4-12(9-11(10)2)14-7-5-13-6-8-14;10-3-9(4-11)5-1-2-6(12)8-7(5)13/h3-4,9,13H,5-8H2,1-2H3;3-5H,1-2H2,(H,8,12,13). The first-order valence-electron chi connectivity index (χ1n) is 9.01. The first-order chi connectivity index (χ1) is 13.0. The van der Waals surface area contributed by atoms with Crippen LogP contribution in [0.25, 0.3) is 0 Å². The molecule has 146 valence electrons. The molecule has 0 aromatic heterocycles. The number of anilines is 1. The van der Waals surface area contributed by atoms with Gasteiger partial charge < -0.3 is 10.2 Å². The summed E-state index contributed by atoms with van der Waals surface area (Å²) >= 11 is 0. The number of hydrogen-bond donors (Lipinski definition) is 2. The molecule has 0 radical (unpaired) electrons. The molecule has 3 rings (SSSR count). The zero-order valence-electron chi connectivity index (χ0n) is 15.7. The van der Waals surface area contributed by atoms with Gasteiger partial charge in [-0.15, -0.1) is 0 Å². The highest BCUT2D eigenvalue weighted by molar-refractivity contribution is 6.01. The average Bonchev–Trinajstić information content (AvgIpc) is 2.68. The second-order valence-electron chi connectivity index (χ2n) is 6.63. The van der Waals surface area contributed by atoms with E-state index in [0.29, 0.717) is 4.90 Å². The smallest absolute Gasteiger partial charge is 0.249 e. The number of piperazine rings is 1. The SMILES string of the molecule is Cc1ccc(N2CCNCC2)cc1C.O=CN(C=O)C1CCC(=O)NC1=O. The Morgan fingerprint density at radius 3 is 2.30 bits per heavy atom. The van der Waals surface area contributed by atoms with E-state index in [1.54, 1.807) is 0 Å². The largest absolute Gasteiger partial charge is 0.369 e. The first-order valence-corrected chi connectivity index (χ1v) is 9.01. The fourth-order valence-corrected chi connectivity index (χ4v) is 2.98. The normalized spacial score (nSPS) is 19.5. The molecule has 2 saturated heterocycles. The van der Waals surface area contributed by atoms with Gasteiger partial charge in [0.05, 0.1) is 0 Å². The molecule has 8 heteroatoms. The molecule has 1 aromatic rings. The van der Waals surface area contributed by atoms with Crippen molar-refractivity contribution in [2.45, 2.75) is 32.7 Å². The lowest BCUT2D eigenvalue weighted by molar-refractivity contribution is -0.145. The van der Waals surface area contributed by atoms with Gasteiger partial charge in [0.1, 0.15) is 6.04 Å². The van der Waals surface area contributed by atoms with E-state index in [9.17, 15) is 19.2 Å². The fraction of sp³-hybridized carbons (Fsp3) is 0.474. The van der Waals surface area contributed by atoms with Crippen LogP contribution in [-0.2, 0) is 19.2 Å². The maximum absolute atomic E-state index is 11.1. The summed E-state index contributed by atoms with van der Waals surface area (Å²) in [5.41, 5.74) is 4.14. The topological polar surface area (TPSA) is 98.8 Å². The van der Waals surface area contributed by atoms with Crippen LogP contribution >= 0.6 is 0 Å². The summed E-state index contributed by atoms with van der Waals surface area (Å²) < 4.78 is 0. The van der Waals surface area contributed by atoms with Crippen molar-refractivity contribution < 1.29 is 19.2 Å². The van der Waals surface area contributed by atoms with E-state index in [1.165, 1.54) is 16.8 Å². The second-order valence-corrected chi connectivity index (χ2v) is 6.63. The molecule has 0 aliphatic carbocycles. The van der Waals surface area contributed by atoms with Gasteiger partial charge in [0.2, 0.25) is 24.6 Å². The van der Waals surface area contributed by atoms with Gasteiger partial charge in [-0.25, -0.2) is 0 Å². The molecule has 2 N–H and O–H groups in total. The molecule has 8 nitrogen and oxygen atoms in total. The van der Waals surface area contributed by atoms with Gasteiger partial charge in [0.25, 0.3) is 0 Å². The van der Waals surface area contributed by atoms with E-state index in [2.05, 4.69) is 42.3 Å². The number of rotatable bonds is 4. The summed E-state index contributed by atoms with van der Waals surface area (Å²) in [6.07, 6.45) is 0.886. The highest BCUT2D eigenvalue weighted by Gasteiger charge is 2.30. The maximum Gasteiger partial charge on any atom is 0.249 e. The minimum absolute atomic E-state index is 0.147. The third-order valence-electron chi connectivity index (χ3n) is 4.79. The number of hydrogen-bond acceptors (Lipinski definition) is 6. The van der Waals surface area contributed by atoms with Crippen molar-refractivity contribution in [2.75, 3.05) is 31.1 Å². The van der Waals surface area contributed by atoms with Gasteiger partial charge in [0, 0.05) is 38.3 Å². The van der Waals surface area contributed by atoms with Gasteiger partial charge in [-0.1, -0.05) is 6.07 Å². The molecule has 0 spiro atoms.